The fourth-order valence-corrected chi connectivity index (χ4v) is 3.54. The quantitative estimate of drug-likeness (QED) is 0.602. The Morgan fingerprint density at radius 3 is 2.52 bits per heavy atom. The van der Waals surface area contributed by atoms with Crippen molar-refractivity contribution in [3.05, 3.63) is 69.2 Å². The van der Waals surface area contributed by atoms with E-state index in [1.54, 1.807) is 0 Å². The van der Waals surface area contributed by atoms with Gasteiger partial charge in [-0.1, -0.05) is 73.8 Å². The van der Waals surface area contributed by atoms with E-state index in [2.05, 4.69) is 31.9 Å². The summed E-state index contributed by atoms with van der Waals surface area (Å²) in [6.45, 7) is 0.498. The van der Waals surface area contributed by atoms with E-state index in [0.717, 1.165) is 15.6 Å². The molecule has 2 aromatic carbocycles. The fourth-order valence-electron chi connectivity index (χ4n) is 2.40. The molecule has 0 aliphatic carbocycles. The topological polar surface area (TPSA) is 18.5 Å². The molecule has 1 aliphatic rings. The van der Waals surface area contributed by atoms with E-state index in [9.17, 15) is 0 Å². The summed E-state index contributed by atoms with van der Waals surface area (Å²) < 4.78 is 13.3. The first-order valence-corrected chi connectivity index (χ1v) is 8.82. The molecule has 21 heavy (non-hydrogen) atoms. The van der Waals surface area contributed by atoms with Crippen molar-refractivity contribution >= 4 is 43.5 Å². The van der Waals surface area contributed by atoms with Gasteiger partial charge in [0, 0.05) is 15.1 Å². The van der Waals surface area contributed by atoms with E-state index in [1.807, 2.05) is 48.5 Å². The standard InChI is InChI=1S/C16H13Br2ClO2/c17-10-16(13-3-1-2-4-14(13)19)20-9-15(21-16)11-5-7-12(18)8-6-11/h1-8,15H,9-10H2/t15-,16+/m0/s1. The molecule has 0 spiro atoms. The highest BCUT2D eigenvalue weighted by atomic mass is 79.9. The number of alkyl halides is 1. The Morgan fingerprint density at radius 2 is 1.86 bits per heavy atom. The average Bonchev–Trinajstić information content (AvgIpc) is 2.94. The molecule has 0 radical (unpaired) electrons. The molecule has 0 unspecified atom stereocenters. The van der Waals surface area contributed by atoms with Crippen LogP contribution >= 0.6 is 43.5 Å². The van der Waals surface area contributed by atoms with Gasteiger partial charge in [-0.2, -0.15) is 0 Å². The van der Waals surface area contributed by atoms with E-state index in [-0.39, 0.29) is 6.10 Å². The van der Waals surface area contributed by atoms with Crippen molar-refractivity contribution < 1.29 is 9.47 Å². The molecule has 0 amide bonds. The van der Waals surface area contributed by atoms with Crippen molar-refractivity contribution in [1.29, 1.82) is 0 Å². The summed E-state index contributed by atoms with van der Waals surface area (Å²) in [6, 6.07) is 15.7. The van der Waals surface area contributed by atoms with Crippen LogP contribution in [0.2, 0.25) is 5.02 Å². The molecule has 110 valence electrons. The number of ether oxygens (including phenoxy) is 2. The predicted molar refractivity (Wildman–Crippen MR) is 90.8 cm³/mol. The van der Waals surface area contributed by atoms with Gasteiger partial charge in [-0.3, -0.25) is 0 Å². The van der Waals surface area contributed by atoms with Gasteiger partial charge in [0.05, 0.1) is 11.9 Å². The molecule has 0 saturated carbocycles. The molecule has 1 heterocycles. The molecule has 5 heteroatoms. The molecule has 2 aromatic rings. The minimum absolute atomic E-state index is 0.105. The van der Waals surface area contributed by atoms with Crippen LogP contribution in [-0.4, -0.2) is 11.9 Å². The molecular weight excluding hydrogens is 419 g/mol. The average molecular weight is 433 g/mol. The summed E-state index contributed by atoms with van der Waals surface area (Å²) in [4.78, 5) is 0. The van der Waals surface area contributed by atoms with Crippen LogP contribution in [0, 0.1) is 0 Å². The van der Waals surface area contributed by atoms with Crippen LogP contribution in [-0.2, 0) is 15.3 Å². The summed E-state index contributed by atoms with van der Waals surface area (Å²) >= 11 is 13.2. The first-order valence-electron chi connectivity index (χ1n) is 6.53. The lowest BCUT2D eigenvalue weighted by Gasteiger charge is -2.27. The van der Waals surface area contributed by atoms with E-state index in [0.29, 0.717) is 17.0 Å². The van der Waals surface area contributed by atoms with Gasteiger partial charge in [-0.25, -0.2) is 0 Å². The Labute approximate surface area is 145 Å². The zero-order valence-electron chi connectivity index (χ0n) is 11.1. The van der Waals surface area contributed by atoms with Gasteiger partial charge in [0.1, 0.15) is 6.10 Å². The maximum absolute atomic E-state index is 6.30. The third-order valence-corrected chi connectivity index (χ3v) is 5.10. The van der Waals surface area contributed by atoms with E-state index >= 15 is 0 Å². The number of halogens is 3. The largest absolute Gasteiger partial charge is 0.342 e. The monoisotopic (exact) mass is 430 g/mol. The van der Waals surface area contributed by atoms with E-state index < -0.39 is 5.79 Å². The molecule has 1 fully saturated rings. The highest BCUT2D eigenvalue weighted by molar-refractivity contribution is 9.10. The normalized spacial score (nSPS) is 25.2. The molecule has 3 rings (SSSR count). The van der Waals surface area contributed by atoms with Crippen LogP contribution in [0.4, 0.5) is 0 Å². The van der Waals surface area contributed by atoms with Gasteiger partial charge in [0.2, 0.25) is 5.79 Å². The van der Waals surface area contributed by atoms with Crippen LogP contribution < -0.4 is 0 Å². The van der Waals surface area contributed by atoms with Crippen molar-refractivity contribution in [2.24, 2.45) is 0 Å². The van der Waals surface area contributed by atoms with Gasteiger partial charge in [-0.15, -0.1) is 0 Å². The summed E-state index contributed by atoms with van der Waals surface area (Å²) in [5.74, 6) is -0.837. The van der Waals surface area contributed by atoms with Crippen LogP contribution in [0.25, 0.3) is 0 Å². The molecule has 2 atom stereocenters. The highest BCUT2D eigenvalue weighted by Gasteiger charge is 2.44. The second-order valence-corrected chi connectivity index (χ2v) is 6.72. The van der Waals surface area contributed by atoms with Crippen LogP contribution in [0.5, 0.6) is 0 Å². The van der Waals surface area contributed by atoms with Crippen molar-refractivity contribution in [3.8, 4) is 0 Å². The number of rotatable bonds is 3. The van der Waals surface area contributed by atoms with E-state index in [1.165, 1.54) is 0 Å². The Hall–Kier alpha value is -0.390. The molecule has 0 aromatic heterocycles. The highest BCUT2D eigenvalue weighted by Crippen LogP contribution is 2.44. The first kappa shape index (κ1) is 15.5. The zero-order valence-corrected chi connectivity index (χ0v) is 15.0. The summed E-state index contributed by atoms with van der Waals surface area (Å²) in [7, 11) is 0. The number of benzene rings is 2. The smallest absolute Gasteiger partial charge is 0.207 e. The van der Waals surface area contributed by atoms with Crippen molar-refractivity contribution in [3.63, 3.8) is 0 Å². The van der Waals surface area contributed by atoms with Crippen LogP contribution in [0.15, 0.2) is 53.0 Å². The lowest BCUT2D eigenvalue weighted by molar-refractivity contribution is -0.157. The lowest BCUT2D eigenvalue weighted by Crippen LogP contribution is -2.29. The van der Waals surface area contributed by atoms with E-state index in [4.69, 9.17) is 21.1 Å². The second-order valence-electron chi connectivity index (χ2n) is 4.84. The minimum atomic E-state index is -0.837. The summed E-state index contributed by atoms with van der Waals surface area (Å²) in [5.41, 5.74) is 1.94. The van der Waals surface area contributed by atoms with Crippen LogP contribution in [0.1, 0.15) is 17.2 Å². The third kappa shape index (κ3) is 3.06. The number of hydrogen-bond donors (Lipinski definition) is 0. The molecule has 1 saturated heterocycles. The Morgan fingerprint density at radius 1 is 1.14 bits per heavy atom. The maximum Gasteiger partial charge on any atom is 0.207 e. The molecule has 2 nitrogen and oxygen atoms in total. The third-order valence-electron chi connectivity index (χ3n) is 3.50. The van der Waals surface area contributed by atoms with Crippen molar-refractivity contribution in [2.75, 3.05) is 11.9 Å². The SMILES string of the molecule is Clc1ccccc1[C@]1(CBr)OC[C@@H](c2ccc(Br)cc2)O1. The predicted octanol–water partition coefficient (Wildman–Crippen LogP) is 5.44. The van der Waals surface area contributed by atoms with Gasteiger partial charge in [0.15, 0.2) is 0 Å². The summed E-state index contributed by atoms with van der Waals surface area (Å²) in [6.07, 6.45) is -0.105. The van der Waals surface area contributed by atoms with Gasteiger partial charge >= 0.3 is 0 Å². The maximum atomic E-state index is 6.30. The first-order chi connectivity index (χ1) is 10.1. The molecule has 0 N–H and O–H groups in total. The van der Waals surface area contributed by atoms with Crippen LogP contribution in [0.3, 0.4) is 0 Å². The Kier molecular flexibility index (Phi) is 4.71. The zero-order chi connectivity index (χ0) is 14.9. The molecule has 1 aliphatic heterocycles. The van der Waals surface area contributed by atoms with Crippen molar-refractivity contribution in [2.45, 2.75) is 11.9 Å². The lowest BCUT2D eigenvalue weighted by atomic mass is 10.1. The molecule has 0 bridgehead atoms. The fraction of sp³-hybridized carbons (Fsp3) is 0.250. The van der Waals surface area contributed by atoms with Gasteiger partial charge in [0.25, 0.3) is 0 Å². The minimum Gasteiger partial charge on any atom is -0.342 e. The van der Waals surface area contributed by atoms with Gasteiger partial charge < -0.3 is 9.47 Å². The summed E-state index contributed by atoms with van der Waals surface area (Å²) in [5, 5.41) is 1.17. The van der Waals surface area contributed by atoms with Crippen molar-refractivity contribution in [1.82, 2.24) is 0 Å². The molecular formula is C16H13Br2ClO2. The Bertz CT molecular complexity index is 632. The Balaban J connectivity index is 1.90. The second kappa shape index (κ2) is 6.39. The van der Waals surface area contributed by atoms with Gasteiger partial charge in [-0.05, 0) is 23.8 Å². The number of hydrogen-bond acceptors (Lipinski definition) is 2.